The van der Waals surface area contributed by atoms with Crippen molar-refractivity contribution >= 4 is 5.57 Å². The number of methoxy groups -OCH3 is 1. The van der Waals surface area contributed by atoms with E-state index in [0.29, 0.717) is 0 Å². The van der Waals surface area contributed by atoms with Crippen LogP contribution in [0.2, 0.25) is 0 Å². The molecule has 1 aliphatic rings. The molecule has 0 unspecified atom stereocenters. The SMILES string of the molecule is COc1ccc(C2=CC[C@@H](C)CC2)cc1. The van der Waals surface area contributed by atoms with E-state index in [0.717, 1.165) is 11.7 Å². The Balaban J connectivity index is 2.16. The number of ether oxygens (including phenoxy) is 1. The van der Waals surface area contributed by atoms with Gasteiger partial charge in [-0.3, -0.25) is 0 Å². The van der Waals surface area contributed by atoms with Crippen molar-refractivity contribution in [3.05, 3.63) is 35.9 Å². The van der Waals surface area contributed by atoms with Gasteiger partial charge in [-0.05, 0) is 48.4 Å². The monoisotopic (exact) mass is 202 g/mol. The summed E-state index contributed by atoms with van der Waals surface area (Å²) in [6, 6.07) is 8.38. The molecule has 0 aromatic heterocycles. The van der Waals surface area contributed by atoms with Crippen LogP contribution >= 0.6 is 0 Å². The van der Waals surface area contributed by atoms with Crippen LogP contribution in [0.1, 0.15) is 31.7 Å². The first-order chi connectivity index (χ1) is 7.29. The van der Waals surface area contributed by atoms with Crippen molar-refractivity contribution in [1.82, 2.24) is 0 Å². The van der Waals surface area contributed by atoms with E-state index < -0.39 is 0 Å². The third-order valence-corrected chi connectivity index (χ3v) is 3.13. The van der Waals surface area contributed by atoms with E-state index in [1.165, 1.54) is 30.4 Å². The summed E-state index contributed by atoms with van der Waals surface area (Å²) < 4.78 is 5.15. The van der Waals surface area contributed by atoms with Gasteiger partial charge in [0.15, 0.2) is 0 Å². The summed E-state index contributed by atoms with van der Waals surface area (Å²) in [5.41, 5.74) is 2.85. The summed E-state index contributed by atoms with van der Waals surface area (Å²) in [6.07, 6.45) is 6.14. The molecule has 1 nitrogen and oxygen atoms in total. The average molecular weight is 202 g/mol. The lowest BCUT2D eigenvalue weighted by Crippen LogP contribution is -2.00. The Morgan fingerprint density at radius 2 is 1.93 bits per heavy atom. The second-order valence-corrected chi connectivity index (χ2v) is 4.34. The Hall–Kier alpha value is -1.24. The van der Waals surface area contributed by atoms with Crippen LogP contribution in [0.25, 0.3) is 5.57 Å². The molecule has 0 radical (unpaired) electrons. The summed E-state index contributed by atoms with van der Waals surface area (Å²) >= 11 is 0. The Morgan fingerprint density at radius 3 is 2.47 bits per heavy atom. The maximum Gasteiger partial charge on any atom is 0.118 e. The predicted octanol–water partition coefficient (Wildman–Crippen LogP) is 3.90. The van der Waals surface area contributed by atoms with Gasteiger partial charge in [-0.15, -0.1) is 0 Å². The summed E-state index contributed by atoms with van der Waals surface area (Å²) in [6.45, 7) is 2.32. The summed E-state index contributed by atoms with van der Waals surface area (Å²) in [5, 5.41) is 0. The van der Waals surface area contributed by atoms with Crippen molar-refractivity contribution in [2.75, 3.05) is 7.11 Å². The third kappa shape index (κ3) is 2.41. The van der Waals surface area contributed by atoms with Crippen LogP contribution in [0.5, 0.6) is 5.75 Å². The molecule has 0 saturated carbocycles. The summed E-state index contributed by atoms with van der Waals surface area (Å²) in [7, 11) is 1.70. The number of allylic oxidation sites excluding steroid dienone is 2. The van der Waals surface area contributed by atoms with Gasteiger partial charge in [-0.25, -0.2) is 0 Å². The zero-order valence-electron chi connectivity index (χ0n) is 9.49. The smallest absolute Gasteiger partial charge is 0.118 e. The molecule has 1 atom stereocenters. The molecule has 1 heteroatoms. The van der Waals surface area contributed by atoms with Crippen LogP contribution in [0, 0.1) is 5.92 Å². The molecule has 1 aromatic rings. The van der Waals surface area contributed by atoms with Crippen LogP contribution in [0.4, 0.5) is 0 Å². The zero-order chi connectivity index (χ0) is 10.7. The van der Waals surface area contributed by atoms with E-state index in [4.69, 9.17) is 4.74 Å². The molecule has 0 bridgehead atoms. The van der Waals surface area contributed by atoms with E-state index >= 15 is 0 Å². The topological polar surface area (TPSA) is 9.23 Å². The third-order valence-electron chi connectivity index (χ3n) is 3.13. The Bertz CT molecular complexity index is 348. The van der Waals surface area contributed by atoms with Crippen molar-refractivity contribution in [2.24, 2.45) is 5.92 Å². The van der Waals surface area contributed by atoms with E-state index in [9.17, 15) is 0 Å². The minimum Gasteiger partial charge on any atom is -0.497 e. The molecule has 1 aliphatic carbocycles. The molecular weight excluding hydrogens is 184 g/mol. The lowest BCUT2D eigenvalue weighted by Gasteiger charge is -2.18. The molecular formula is C14H18O. The Morgan fingerprint density at radius 1 is 1.20 bits per heavy atom. The molecule has 0 saturated heterocycles. The highest BCUT2D eigenvalue weighted by Gasteiger charge is 2.11. The van der Waals surface area contributed by atoms with Gasteiger partial charge in [-0.1, -0.05) is 25.1 Å². The number of rotatable bonds is 2. The highest BCUT2D eigenvalue weighted by atomic mass is 16.5. The molecule has 80 valence electrons. The maximum absolute atomic E-state index is 5.15. The molecule has 0 N–H and O–H groups in total. The highest BCUT2D eigenvalue weighted by Crippen LogP contribution is 2.30. The fourth-order valence-electron chi connectivity index (χ4n) is 2.03. The van der Waals surface area contributed by atoms with Gasteiger partial charge < -0.3 is 4.74 Å². The normalized spacial score (nSPS) is 20.9. The maximum atomic E-state index is 5.15. The van der Waals surface area contributed by atoms with Crippen molar-refractivity contribution in [3.63, 3.8) is 0 Å². The van der Waals surface area contributed by atoms with Crippen molar-refractivity contribution < 1.29 is 4.74 Å². The lowest BCUT2D eigenvalue weighted by molar-refractivity contribution is 0.414. The van der Waals surface area contributed by atoms with Crippen LogP contribution in [0.3, 0.4) is 0 Å². The van der Waals surface area contributed by atoms with Gasteiger partial charge in [-0.2, -0.15) is 0 Å². The quantitative estimate of drug-likeness (QED) is 0.706. The molecule has 0 amide bonds. The van der Waals surface area contributed by atoms with Gasteiger partial charge in [0.2, 0.25) is 0 Å². The van der Waals surface area contributed by atoms with Crippen molar-refractivity contribution in [3.8, 4) is 5.75 Å². The van der Waals surface area contributed by atoms with E-state index in [-0.39, 0.29) is 0 Å². The molecule has 0 fully saturated rings. The van der Waals surface area contributed by atoms with E-state index in [2.05, 4.69) is 25.1 Å². The zero-order valence-corrected chi connectivity index (χ0v) is 9.49. The molecule has 0 heterocycles. The molecule has 0 spiro atoms. The summed E-state index contributed by atoms with van der Waals surface area (Å²) in [4.78, 5) is 0. The Kier molecular flexibility index (Phi) is 3.10. The fourth-order valence-corrected chi connectivity index (χ4v) is 2.03. The number of hydrogen-bond acceptors (Lipinski definition) is 1. The van der Waals surface area contributed by atoms with Crippen LogP contribution in [0.15, 0.2) is 30.3 Å². The Labute approximate surface area is 91.8 Å². The largest absolute Gasteiger partial charge is 0.497 e. The first kappa shape index (κ1) is 10.3. The average Bonchev–Trinajstić information content (AvgIpc) is 2.30. The van der Waals surface area contributed by atoms with E-state index in [1.807, 2.05) is 12.1 Å². The van der Waals surface area contributed by atoms with Gasteiger partial charge >= 0.3 is 0 Å². The lowest BCUT2D eigenvalue weighted by atomic mass is 9.88. The first-order valence-electron chi connectivity index (χ1n) is 5.63. The van der Waals surface area contributed by atoms with Gasteiger partial charge in [0.1, 0.15) is 5.75 Å². The van der Waals surface area contributed by atoms with Gasteiger partial charge in [0.25, 0.3) is 0 Å². The van der Waals surface area contributed by atoms with Crippen molar-refractivity contribution in [1.29, 1.82) is 0 Å². The number of hydrogen-bond donors (Lipinski definition) is 0. The van der Waals surface area contributed by atoms with E-state index in [1.54, 1.807) is 7.11 Å². The summed E-state index contributed by atoms with van der Waals surface area (Å²) in [5.74, 6) is 1.79. The second-order valence-electron chi connectivity index (χ2n) is 4.34. The highest BCUT2D eigenvalue weighted by molar-refractivity contribution is 5.66. The van der Waals surface area contributed by atoms with Gasteiger partial charge in [0.05, 0.1) is 7.11 Å². The molecule has 0 aliphatic heterocycles. The van der Waals surface area contributed by atoms with Gasteiger partial charge in [0, 0.05) is 0 Å². The fraction of sp³-hybridized carbons (Fsp3) is 0.429. The van der Waals surface area contributed by atoms with Crippen LogP contribution in [-0.4, -0.2) is 7.11 Å². The number of benzene rings is 1. The molecule has 1 aromatic carbocycles. The predicted molar refractivity (Wildman–Crippen MR) is 64.0 cm³/mol. The van der Waals surface area contributed by atoms with Crippen LogP contribution in [-0.2, 0) is 0 Å². The second kappa shape index (κ2) is 4.52. The van der Waals surface area contributed by atoms with Crippen molar-refractivity contribution in [2.45, 2.75) is 26.2 Å². The van der Waals surface area contributed by atoms with Crippen LogP contribution < -0.4 is 4.74 Å². The standard InChI is InChI=1S/C14H18O/c1-11-3-5-12(6-4-11)13-7-9-14(15-2)10-8-13/h5,7-11H,3-4,6H2,1-2H3/t11-/m1/s1. The molecule has 15 heavy (non-hydrogen) atoms. The molecule has 2 rings (SSSR count). The minimum atomic E-state index is 0.854. The first-order valence-corrected chi connectivity index (χ1v) is 5.63. The minimum absolute atomic E-state index is 0.854.